The van der Waals surface area contributed by atoms with Gasteiger partial charge in [0.15, 0.2) is 0 Å². The number of halogens is 3. The summed E-state index contributed by atoms with van der Waals surface area (Å²) >= 11 is 0. The minimum atomic E-state index is -4.51. The first kappa shape index (κ1) is 42.7. The second-order valence-electron chi connectivity index (χ2n) is 20.3. The molecule has 0 radical (unpaired) electrons. The molecule has 326 valence electrons. The Balaban J connectivity index is 1.08. The lowest BCUT2D eigenvalue weighted by Gasteiger charge is -2.29. The molecule has 1 aliphatic rings. The van der Waals surface area contributed by atoms with Crippen molar-refractivity contribution in [1.29, 1.82) is 0 Å². The van der Waals surface area contributed by atoms with Gasteiger partial charge in [-0.25, -0.2) is 4.98 Å². The van der Waals surface area contributed by atoms with Gasteiger partial charge >= 0.3 is 6.18 Å². The number of rotatable bonds is 6. The molecule has 0 saturated heterocycles. The predicted molar refractivity (Wildman–Crippen MR) is 258 cm³/mol. The molecular formula is C56H55F3N4O. The number of nitrogens with zero attached hydrogens (tertiary/aromatic N) is 4. The third-order valence-electron chi connectivity index (χ3n) is 12.5. The maximum absolute atomic E-state index is 14.2. The molecule has 9 rings (SSSR count). The van der Waals surface area contributed by atoms with Gasteiger partial charge in [-0.3, -0.25) is 4.57 Å². The lowest BCUT2D eigenvalue weighted by Crippen LogP contribution is -2.25. The average Bonchev–Trinajstić information content (AvgIpc) is 3.78. The summed E-state index contributed by atoms with van der Waals surface area (Å²) in [4.78, 5) is 9.59. The summed E-state index contributed by atoms with van der Waals surface area (Å²) in [6.07, 6.45) is -2.70. The predicted octanol–water partition coefficient (Wildman–Crippen LogP) is 16.1. The Morgan fingerprint density at radius 2 is 1.08 bits per heavy atom. The Bertz CT molecular complexity index is 3040. The van der Waals surface area contributed by atoms with Crippen LogP contribution in [0, 0.1) is 6.92 Å². The monoisotopic (exact) mass is 856 g/mol. The van der Waals surface area contributed by atoms with E-state index in [2.05, 4.69) is 145 Å². The third-order valence-corrected chi connectivity index (χ3v) is 12.5. The van der Waals surface area contributed by atoms with Gasteiger partial charge in [-0.1, -0.05) is 117 Å². The molecule has 0 bridgehead atoms. The minimum Gasteiger partial charge on any atom is -0.457 e. The van der Waals surface area contributed by atoms with Crippen LogP contribution in [0.15, 0.2) is 140 Å². The van der Waals surface area contributed by atoms with Gasteiger partial charge in [0.25, 0.3) is 0 Å². The minimum absolute atomic E-state index is 0.0193. The molecule has 2 aromatic heterocycles. The van der Waals surface area contributed by atoms with Crippen LogP contribution >= 0.6 is 0 Å². The van der Waals surface area contributed by atoms with Crippen LogP contribution in [0.1, 0.15) is 90.1 Å². The van der Waals surface area contributed by atoms with Crippen LogP contribution in [-0.2, 0) is 22.4 Å². The zero-order valence-electron chi connectivity index (χ0n) is 38.3. The normalized spacial score (nSPS) is 13.6. The molecule has 1 aliphatic heterocycles. The highest BCUT2D eigenvalue weighted by Gasteiger charge is 2.33. The maximum atomic E-state index is 14.2. The van der Waals surface area contributed by atoms with Gasteiger partial charge < -0.3 is 14.5 Å². The van der Waals surface area contributed by atoms with Crippen molar-refractivity contribution in [3.8, 4) is 28.4 Å². The van der Waals surface area contributed by atoms with Crippen molar-refractivity contribution in [3.05, 3.63) is 167 Å². The number of benzene rings is 6. The molecule has 64 heavy (non-hydrogen) atoms. The van der Waals surface area contributed by atoms with Crippen LogP contribution in [0.5, 0.6) is 11.5 Å². The van der Waals surface area contributed by atoms with Gasteiger partial charge in [-0.15, -0.1) is 0 Å². The lowest BCUT2D eigenvalue weighted by molar-refractivity contribution is -0.137. The van der Waals surface area contributed by atoms with Crippen molar-refractivity contribution >= 4 is 44.6 Å². The number of fused-ring (bicyclic) bond motifs is 4. The van der Waals surface area contributed by atoms with Gasteiger partial charge in [-0.05, 0) is 118 Å². The molecule has 0 fully saturated rings. The molecule has 6 aromatic carbocycles. The number of pyridine rings is 1. The number of hydrogen-bond donors (Lipinski definition) is 0. The van der Waals surface area contributed by atoms with Crippen molar-refractivity contribution in [2.75, 3.05) is 16.5 Å². The Kier molecular flexibility index (Phi) is 10.2. The molecule has 5 nitrogen and oxygen atoms in total. The first-order valence-corrected chi connectivity index (χ1v) is 21.9. The summed E-state index contributed by atoms with van der Waals surface area (Å²) in [6, 6.07) is 43.6. The first-order valence-electron chi connectivity index (χ1n) is 21.9. The summed E-state index contributed by atoms with van der Waals surface area (Å²) in [5.41, 5.74) is 11.5. The molecule has 3 heterocycles. The first-order chi connectivity index (χ1) is 30.1. The number of anilines is 4. The topological polar surface area (TPSA) is 33.5 Å². The van der Waals surface area contributed by atoms with E-state index in [1.54, 1.807) is 6.07 Å². The van der Waals surface area contributed by atoms with E-state index in [0.29, 0.717) is 40.4 Å². The van der Waals surface area contributed by atoms with Crippen LogP contribution in [0.4, 0.5) is 35.9 Å². The molecule has 0 amide bonds. The largest absolute Gasteiger partial charge is 0.457 e. The fraction of sp³-hybridized carbons (Fsp3) is 0.268. The Hall–Kier alpha value is -6.54. The lowest BCUT2D eigenvalue weighted by atomic mass is 9.80. The molecule has 0 unspecified atom stereocenters. The smallest absolute Gasteiger partial charge is 0.416 e. The fourth-order valence-electron chi connectivity index (χ4n) is 8.74. The Morgan fingerprint density at radius 3 is 1.67 bits per heavy atom. The fourth-order valence-corrected chi connectivity index (χ4v) is 8.74. The van der Waals surface area contributed by atoms with Crippen molar-refractivity contribution in [2.45, 2.75) is 91.7 Å². The molecule has 8 heteroatoms. The zero-order valence-corrected chi connectivity index (χ0v) is 38.3. The van der Waals surface area contributed by atoms with E-state index < -0.39 is 11.7 Å². The number of para-hydroxylation sites is 2. The van der Waals surface area contributed by atoms with Gasteiger partial charge in [-0.2, -0.15) is 13.2 Å². The van der Waals surface area contributed by atoms with Crippen LogP contribution in [-0.4, -0.2) is 16.2 Å². The highest BCUT2D eigenvalue weighted by Crippen LogP contribution is 2.47. The third kappa shape index (κ3) is 7.99. The molecule has 0 spiro atoms. The SMILES string of the molecule is Cc1cc(-n2c3cc(Oc4cccc(N5CN(c6cc(C(C)(C)C)cc(C(C)(C)C)c6)c6ccccc65)c4)ccc3c3ccc(C(F)(F)F)cc32)ncc1-c1ccc(C(C)(C)C)cc1. The van der Waals surface area contributed by atoms with Gasteiger partial charge in [0.2, 0.25) is 0 Å². The Labute approximate surface area is 374 Å². The molecule has 0 aliphatic carbocycles. The molecule has 0 atom stereocenters. The molecular weight excluding hydrogens is 802 g/mol. The van der Waals surface area contributed by atoms with E-state index >= 15 is 0 Å². The van der Waals surface area contributed by atoms with Crippen LogP contribution < -0.4 is 14.5 Å². The molecule has 0 N–H and O–H groups in total. The maximum Gasteiger partial charge on any atom is 0.416 e. The van der Waals surface area contributed by atoms with Crippen LogP contribution in [0.3, 0.4) is 0 Å². The number of hydrogen-bond acceptors (Lipinski definition) is 4. The zero-order chi connectivity index (χ0) is 45.5. The highest BCUT2D eigenvalue weighted by atomic mass is 19.4. The van der Waals surface area contributed by atoms with Crippen LogP contribution in [0.2, 0.25) is 0 Å². The number of ether oxygens (including phenoxy) is 1. The highest BCUT2D eigenvalue weighted by molar-refractivity contribution is 6.09. The van der Waals surface area contributed by atoms with E-state index in [1.807, 2.05) is 60.2 Å². The standard InChI is InChI=1S/C56H55F3N4O/c1-35-26-52(60-33-47(35)36-18-20-37(21-19-36)53(2,3)4)63-50-30-38(56(57,58)59)22-24-45(50)46-25-23-44(32-51(46)63)64-43-15-13-14-41(31-43)61-34-62(49-17-12-11-16-48(49)61)42-28-39(54(5,6)7)27-40(29-42)55(8,9)10/h11-33H,34H2,1-10H3. The molecule has 8 aromatic rings. The Morgan fingerprint density at radius 1 is 0.516 bits per heavy atom. The quantitative estimate of drug-likeness (QED) is 0.167. The second-order valence-corrected chi connectivity index (χ2v) is 20.3. The van der Waals surface area contributed by atoms with Crippen molar-refractivity contribution < 1.29 is 17.9 Å². The van der Waals surface area contributed by atoms with E-state index in [4.69, 9.17) is 9.72 Å². The summed E-state index contributed by atoms with van der Waals surface area (Å²) in [5, 5.41) is 1.49. The van der Waals surface area contributed by atoms with E-state index in [-0.39, 0.29) is 16.2 Å². The van der Waals surface area contributed by atoms with Crippen molar-refractivity contribution in [2.24, 2.45) is 0 Å². The van der Waals surface area contributed by atoms with E-state index in [9.17, 15) is 13.2 Å². The number of aryl methyl sites for hydroxylation is 1. The second kappa shape index (κ2) is 15.3. The van der Waals surface area contributed by atoms with E-state index in [0.717, 1.165) is 50.9 Å². The summed E-state index contributed by atoms with van der Waals surface area (Å²) in [7, 11) is 0. The van der Waals surface area contributed by atoms with Gasteiger partial charge in [0.05, 0.1) is 28.0 Å². The number of alkyl halides is 3. The summed E-state index contributed by atoms with van der Waals surface area (Å²) in [6.45, 7) is 22.7. The van der Waals surface area contributed by atoms with Crippen molar-refractivity contribution in [1.82, 2.24) is 9.55 Å². The van der Waals surface area contributed by atoms with Gasteiger partial charge in [0.1, 0.15) is 24.0 Å². The van der Waals surface area contributed by atoms with Crippen molar-refractivity contribution in [3.63, 3.8) is 0 Å². The summed E-state index contributed by atoms with van der Waals surface area (Å²) in [5.74, 6) is 1.70. The average molecular weight is 857 g/mol. The number of aromatic nitrogens is 2. The molecule has 0 saturated carbocycles. The summed E-state index contributed by atoms with van der Waals surface area (Å²) < 4.78 is 51.1. The van der Waals surface area contributed by atoms with Gasteiger partial charge in [0, 0.05) is 46.0 Å². The van der Waals surface area contributed by atoms with Crippen LogP contribution in [0.25, 0.3) is 38.8 Å². The van der Waals surface area contributed by atoms with E-state index in [1.165, 1.54) is 22.8 Å².